The maximum Gasteiger partial charge on any atom is 0.419 e. The lowest BCUT2D eigenvalue weighted by Crippen LogP contribution is -2.44. The van der Waals surface area contributed by atoms with Crippen LogP contribution in [0, 0.1) is 5.41 Å². The molecule has 0 spiro atoms. The summed E-state index contributed by atoms with van der Waals surface area (Å²) in [6.07, 6.45) is 2.67. The van der Waals surface area contributed by atoms with E-state index in [1.54, 1.807) is 6.08 Å². The third-order valence-corrected chi connectivity index (χ3v) is 8.98. The summed E-state index contributed by atoms with van der Waals surface area (Å²) in [5.74, 6) is 0.579. The maximum absolute atomic E-state index is 14.3. The van der Waals surface area contributed by atoms with Gasteiger partial charge >= 0.3 is 6.18 Å². The Balaban J connectivity index is 1.29. The zero-order chi connectivity index (χ0) is 30.5. The number of amidine groups is 1. The van der Waals surface area contributed by atoms with Gasteiger partial charge in [0.25, 0.3) is 0 Å². The Bertz CT molecular complexity index is 1230. The Morgan fingerprint density at radius 2 is 1.86 bits per heavy atom. The molecule has 0 radical (unpaired) electrons. The summed E-state index contributed by atoms with van der Waals surface area (Å²) in [6, 6.07) is 6.30. The van der Waals surface area contributed by atoms with Crippen molar-refractivity contribution in [2.45, 2.75) is 58.0 Å². The summed E-state index contributed by atoms with van der Waals surface area (Å²) in [5.41, 5.74) is 2.26. The number of hydrogen-bond donors (Lipinski definition) is 2. The fourth-order valence-corrected chi connectivity index (χ4v) is 5.94. The van der Waals surface area contributed by atoms with Crippen molar-refractivity contribution in [1.82, 2.24) is 15.1 Å². The van der Waals surface area contributed by atoms with Gasteiger partial charge in [0.1, 0.15) is 5.84 Å². The molecule has 5 rings (SSSR count). The third-order valence-electron chi connectivity index (χ3n) is 8.98. The number of nitrogens with zero attached hydrogens (tertiary/aromatic N) is 4. The lowest BCUT2D eigenvalue weighted by atomic mass is 10.0. The molecule has 1 saturated carbocycles. The van der Waals surface area contributed by atoms with Crippen LogP contribution >= 0.6 is 0 Å². The van der Waals surface area contributed by atoms with Gasteiger partial charge in [0, 0.05) is 80.9 Å². The first-order valence-corrected chi connectivity index (χ1v) is 15.6. The maximum atomic E-state index is 14.3. The molecule has 3 fully saturated rings. The van der Waals surface area contributed by atoms with Gasteiger partial charge in [0.05, 0.1) is 25.2 Å². The van der Waals surface area contributed by atoms with Gasteiger partial charge in [-0.15, -0.1) is 0 Å². The summed E-state index contributed by atoms with van der Waals surface area (Å²) in [7, 11) is 2.13. The molecular formula is C32H45F3N6O2. The van der Waals surface area contributed by atoms with Crippen LogP contribution in [0.1, 0.15) is 51.0 Å². The molecule has 1 amide bonds. The molecule has 4 aliphatic rings. The number of amides is 1. The highest BCUT2D eigenvalue weighted by molar-refractivity contribution is 5.96. The van der Waals surface area contributed by atoms with Crippen LogP contribution < -0.4 is 15.5 Å². The molecule has 2 saturated heterocycles. The van der Waals surface area contributed by atoms with E-state index in [-0.39, 0.29) is 17.0 Å². The quantitative estimate of drug-likeness (QED) is 0.439. The predicted molar refractivity (Wildman–Crippen MR) is 164 cm³/mol. The molecule has 3 heterocycles. The second-order valence-electron chi connectivity index (χ2n) is 12.3. The lowest BCUT2D eigenvalue weighted by molar-refractivity contribution is -0.131. The number of anilines is 2. The van der Waals surface area contributed by atoms with Crippen LogP contribution in [0.3, 0.4) is 0 Å². The molecule has 1 aromatic rings. The number of halogens is 3. The number of allylic oxidation sites excluding steroid dienone is 2. The summed E-state index contributed by atoms with van der Waals surface area (Å²) < 4.78 is 48.5. The van der Waals surface area contributed by atoms with Crippen LogP contribution in [0.4, 0.5) is 24.5 Å². The molecule has 0 aromatic heterocycles. The lowest BCUT2D eigenvalue weighted by Gasteiger charge is -2.34. The summed E-state index contributed by atoms with van der Waals surface area (Å²) in [4.78, 5) is 23.3. The topological polar surface area (TPSA) is 72.4 Å². The van der Waals surface area contributed by atoms with E-state index in [1.807, 2.05) is 11.0 Å². The Hall–Kier alpha value is -3.05. The van der Waals surface area contributed by atoms with E-state index < -0.39 is 11.7 Å². The molecular weight excluding hydrogens is 557 g/mol. The number of hydrogen-bond acceptors (Lipinski definition) is 7. The van der Waals surface area contributed by atoms with Gasteiger partial charge in [0.2, 0.25) is 5.91 Å². The monoisotopic (exact) mass is 602 g/mol. The van der Waals surface area contributed by atoms with Gasteiger partial charge in [-0.05, 0) is 62.9 Å². The van der Waals surface area contributed by atoms with E-state index in [4.69, 9.17) is 4.74 Å². The Morgan fingerprint density at radius 1 is 1.07 bits per heavy atom. The number of aryl methyl sites for hydroxylation is 1. The molecule has 1 aromatic carbocycles. The number of nitrogens with one attached hydrogen (secondary N) is 2. The average Bonchev–Trinajstić information content (AvgIpc) is 3.76. The number of aliphatic imine (C=N–C) groups is 1. The highest BCUT2D eigenvalue weighted by atomic mass is 19.4. The molecule has 1 aliphatic carbocycles. The van der Waals surface area contributed by atoms with E-state index in [0.717, 1.165) is 62.9 Å². The van der Waals surface area contributed by atoms with Crippen LogP contribution in [-0.4, -0.2) is 93.8 Å². The zero-order valence-corrected chi connectivity index (χ0v) is 25.4. The summed E-state index contributed by atoms with van der Waals surface area (Å²) >= 11 is 0. The number of piperazine rings is 1. The van der Waals surface area contributed by atoms with Gasteiger partial charge in [-0.1, -0.05) is 13.0 Å². The minimum Gasteiger partial charge on any atom is -0.384 e. The molecule has 8 nitrogen and oxygen atoms in total. The molecule has 2 N–H and O–H groups in total. The van der Waals surface area contributed by atoms with Crippen molar-refractivity contribution in [3.8, 4) is 0 Å². The molecule has 0 atom stereocenters. The van der Waals surface area contributed by atoms with Crippen LogP contribution in [0.5, 0.6) is 0 Å². The van der Waals surface area contributed by atoms with E-state index in [0.29, 0.717) is 64.4 Å². The molecule has 3 aliphatic heterocycles. The van der Waals surface area contributed by atoms with Crippen LogP contribution in [0.15, 0.2) is 46.7 Å². The van der Waals surface area contributed by atoms with Crippen molar-refractivity contribution in [2.24, 2.45) is 10.4 Å². The minimum atomic E-state index is -4.56. The largest absolute Gasteiger partial charge is 0.419 e. The second-order valence-corrected chi connectivity index (χ2v) is 12.3. The predicted octanol–water partition coefficient (Wildman–Crippen LogP) is 4.94. The number of benzene rings is 1. The van der Waals surface area contributed by atoms with E-state index in [1.165, 1.54) is 5.69 Å². The minimum absolute atomic E-state index is 0.0517. The van der Waals surface area contributed by atoms with Crippen molar-refractivity contribution in [3.05, 3.63) is 47.3 Å². The first kappa shape index (κ1) is 31.4. The molecule has 0 unspecified atom stereocenters. The average molecular weight is 603 g/mol. The first-order valence-electron chi connectivity index (χ1n) is 15.6. The number of likely N-dealkylation sites (N-methyl/N-ethyl adjacent to an activating group) is 1. The van der Waals surface area contributed by atoms with Crippen LogP contribution in [0.2, 0.25) is 0 Å². The Morgan fingerprint density at radius 3 is 2.58 bits per heavy atom. The first-order chi connectivity index (χ1) is 20.7. The Labute approximate surface area is 253 Å². The number of rotatable bonds is 8. The Kier molecular flexibility index (Phi) is 10.0. The smallest absolute Gasteiger partial charge is 0.384 e. The van der Waals surface area contributed by atoms with Crippen LogP contribution in [-0.2, 0) is 16.0 Å². The summed E-state index contributed by atoms with van der Waals surface area (Å²) in [6.45, 7) is 8.44. The molecule has 43 heavy (non-hydrogen) atoms. The number of carbonyl (C=O) groups excluding carboxylic acids is 1. The standard InChI is InChI=1S/C32H45F3N6O2/c1-3-24-20-25(40-15-13-39(2)14-16-40)8-9-27(24)38-29-7-5-4-6-28(26(21-36-29)32(33,34)35)37-22-31(11-12-31)23-41-17-19-43-18-10-30(41)42/h6,8-9,20-21,37H,3-5,7,10-19,22-23H2,1-2H3,(H,36,38)/b26-21+,28-6-. The van der Waals surface area contributed by atoms with Gasteiger partial charge in [-0.2, -0.15) is 13.2 Å². The number of alkyl halides is 3. The van der Waals surface area contributed by atoms with Crippen molar-refractivity contribution < 1.29 is 22.7 Å². The van der Waals surface area contributed by atoms with E-state index in [2.05, 4.69) is 51.5 Å². The summed E-state index contributed by atoms with van der Waals surface area (Å²) in [5, 5.41) is 6.49. The fourth-order valence-electron chi connectivity index (χ4n) is 5.94. The van der Waals surface area contributed by atoms with Crippen molar-refractivity contribution in [2.75, 3.05) is 76.3 Å². The number of carbonyl (C=O) groups is 1. The van der Waals surface area contributed by atoms with Crippen molar-refractivity contribution in [3.63, 3.8) is 0 Å². The fraction of sp³-hybridized carbons (Fsp3) is 0.625. The van der Waals surface area contributed by atoms with Crippen LogP contribution in [0.25, 0.3) is 0 Å². The molecule has 236 valence electrons. The van der Waals surface area contributed by atoms with Gasteiger partial charge < -0.3 is 30.1 Å². The second kappa shape index (κ2) is 13.7. The SMILES string of the molecule is CCc1cc(N2CCN(C)CC2)ccc1NC1=N/C=C(C(F)(F)F)\C(NCC2(CN3CCOCCC3=O)CC2)=C\CCC1. The van der Waals surface area contributed by atoms with Gasteiger partial charge in [0.15, 0.2) is 0 Å². The van der Waals surface area contributed by atoms with Gasteiger partial charge in [-0.25, -0.2) is 4.99 Å². The number of ether oxygens (including phenoxy) is 1. The third kappa shape index (κ3) is 8.32. The molecule has 11 heteroatoms. The van der Waals surface area contributed by atoms with E-state index >= 15 is 0 Å². The normalized spacial score (nSPS) is 24.4. The zero-order valence-electron chi connectivity index (χ0n) is 25.4. The van der Waals surface area contributed by atoms with Crippen molar-refractivity contribution >= 4 is 23.1 Å². The molecule has 0 bridgehead atoms. The highest BCUT2D eigenvalue weighted by Gasteiger charge is 2.45. The highest BCUT2D eigenvalue weighted by Crippen LogP contribution is 2.46. The van der Waals surface area contributed by atoms with Gasteiger partial charge in [-0.3, -0.25) is 4.79 Å². The van der Waals surface area contributed by atoms with Crippen molar-refractivity contribution in [1.29, 1.82) is 0 Å². The van der Waals surface area contributed by atoms with E-state index in [9.17, 15) is 18.0 Å².